The van der Waals surface area contributed by atoms with Crippen LogP contribution in [0.3, 0.4) is 0 Å². The second kappa shape index (κ2) is 27.6. The summed E-state index contributed by atoms with van der Waals surface area (Å²) in [7, 11) is -10.7. The van der Waals surface area contributed by atoms with Gasteiger partial charge in [-0.25, -0.2) is 40.2 Å². The van der Waals surface area contributed by atoms with Crippen molar-refractivity contribution in [3.8, 4) is 0 Å². The number of aliphatic hydroxyl groups is 1. The number of para-hydroxylation sites is 3. The number of anilines is 6. The number of carbonyl (C=O) groups is 2. The van der Waals surface area contributed by atoms with Crippen LogP contribution in [-0.2, 0) is 29.5 Å². The van der Waals surface area contributed by atoms with Crippen LogP contribution in [0, 0.1) is 0 Å². The van der Waals surface area contributed by atoms with Crippen molar-refractivity contribution in [3.05, 3.63) is 193 Å². The van der Waals surface area contributed by atoms with Gasteiger partial charge in [0.1, 0.15) is 44.6 Å². The number of rotatable bonds is 17. The fourth-order valence-corrected chi connectivity index (χ4v) is 12.2. The number of hydrogen-bond donors (Lipinski definition) is 4. The van der Waals surface area contributed by atoms with E-state index in [0.717, 1.165) is 0 Å². The lowest BCUT2D eigenvalue weighted by molar-refractivity contribution is 0.103. The zero-order chi connectivity index (χ0) is 59.6. The molecule has 8 aromatic rings. The minimum atomic E-state index is -3.59. The second-order valence-electron chi connectivity index (χ2n) is 17.9. The lowest BCUT2D eigenvalue weighted by Gasteiger charge is -2.19. The van der Waals surface area contributed by atoms with Gasteiger partial charge in [-0.3, -0.25) is 9.59 Å². The van der Waals surface area contributed by atoms with Gasteiger partial charge in [-0.2, -0.15) is 15.0 Å². The third-order valence-electron chi connectivity index (χ3n) is 11.6. The number of nitrogens with one attached hydrogen (secondary N) is 3. The summed E-state index contributed by atoms with van der Waals surface area (Å²) >= 11 is 36.0. The highest BCUT2D eigenvalue weighted by molar-refractivity contribution is 7.92. The summed E-state index contributed by atoms with van der Waals surface area (Å²) in [5.74, 6) is -0.233. The van der Waals surface area contributed by atoms with Gasteiger partial charge >= 0.3 is 0 Å². The lowest BCUT2D eigenvalue weighted by Crippen LogP contribution is -2.16. The number of aliphatic hydroxyl groups excluding tert-OH is 1. The van der Waals surface area contributed by atoms with Crippen LogP contribution in [0.25, 0.3) is 0 Å². The van der Waals surface area contributed by atoms with E-state index in [2.05, 4.69) is 45.9 Å². The molecule has 4 N–H and O–H groups in total. The molecule has 8 rings (SSSR count). The Kier molecular flexibility index (Phi) is 21.7. The Bertz CT molecular complexity index is 3950. The average molecular weight is 1280 g/mol. The number of aldehydes is 1. The molecule has 81 heavy (non-hydrogen) atoms. The monoisotopic (exact) mass is 1270 g/mol. The van der Waals surface area contributed by atoms with Crippen LogP contribution in [-0.4, -0.2) is 88.1 Å². The van der Waals surface area contributed by atoms with E-state index in [1.807, 2.05) is 6.07 Å². The van der Waals surface area contributed by atoms with Gasteiger partial charge in [-0.1, -0.05) is 132 Å². The van der Waals surface area contributed by atoms with E-state index < -0.39 is 57.1 Å². The molecule has 0 amide bonds. The summed E-state index contributed by atoms with van der Waals surface area (Å²) in [6, 6.07) is 36.4. The van der Waals surface area contributed by atoms with Crippen molar-refractivity contribution in [2.24, 2.45) is 0 Å². The lowest BCUT2D eigenvalue weighted by atomic mass is 10.0. The summed E-state index contributed by atoms with van der Waals surface area (Å²) in [6.45, 7) is 9.57. The number of benzene rings is 5. The standard InChI is InChI=1S/C20H19Cl2N3O3S.C20H17Cl2N3O3S.C14H13Cl2N3O3S/c2*1-12(2)29(27,28)15-11-7-6-10-14(15)23-19-16(18(21)24-20(22)25-19)17(26)13-8-4-3-5-9-13;1-8(2)23(21,22)11-6-4-3-5-10(11)17-13-9(7-20)12(15)18-14(16)19-13/h3-12,17,26H,1-2H3,(H,23,24,25);3-12H,1-2H3,(H,23,24,25);3-8H,1-2H3,(H,17,18,19). The van der Waals surface area contributed by atoms with Gasteiger partial charge in [-0.05, 0) is 118 Å². The minimum Gasteiger partial charge on any atom is -0.383 e. The molecule has 0 fully saturated rings. The summed E-state index contributed by atoms with van der Waals surface area (Å²) in [4.78, 5) is 48.1. The first-order valence-corrected chi connectivity index (χ1v) is 30.9. The Morgan fingerprint density at radius 2 is 0.802 bits per heavy atom. The first-order chi connectivity index (χ1) is 38.2. The smallest absolute Gasteiger partial charge is 0.225 e. The summed E-state index contributed by atoms with van der Waals surface area (Å²) in [5, 5.41) is 17.0. The second-order valence-corrected chi connectivity index (χ2v) is 27.4. The highest BCUT2D eigenvalue weighted by Gasteiger charge is 2.29. The topological polar surface area (TPSA) is 270 Å². The van der Waals surface area contributed by atoms with E-state index >= 15 is 0 Å². The maximum Gasteiger partial charge on any atom is 0.225 e. The van der Waals surface area contributed by atoms with E-state index in [9.17, 15) is 39.9 Å². The molecule has 18 nitrogen and oxygen atoms in total. The maximum absolute atomic E-state index is 13.0. The maximum atomic E-state index is 13.0. The molecular weight excluding hydrogens is 1230 g/mol. The Morgan fingerprint density at radius 3 is 1.23 bits per heavy atom. The normalized spacial score (nSPS) is 12.0. The van der Waals surface area contributed by atoms with Crippen LogP contribution in [0.5, 0.6) is 0 Å². The van der Waals surface area contributed by atoms with Crippen molar-refractivity contribution in [1.82, 2.24) is 29.9 Å². The molecule has 0 aliphatic carbocycles. The fraction of sp³-hybridized carbons (Fsp3) is 0.185. The van der Waals surface area contributed by atoms with E-state index in [4.69, 9.17) is 69.6 Å². The molecule has 0 bridgehead atoms. The number of halogens is 6. The van der Waals surface area contributed by atoms with Gasteiger partial charge < -0.3 is 21.1 Å². The van der Waals surface area contributed by atoms with Gasteiger partial charge in [0.15, 0.2) is 41.6 Å². The van der Waals surface area contributed by atoms with E-state index in [1.54, 1.807) is 151 Å². The molecule has 0 aliphatic rings. The van der Waals surface area contributed by atoms with Crippen molar-refractivity contribution in [1.29, 1.82) is 0 Å². The van der Waals surface area contributed by atoms with Crippen LogP contribution in [0.1, 0.15) is 85.1 Å². The van der Waals surface area contributed by atoms with Crippen molar-refractivity contribution in [2.45, 2.75) is 78.1 Å². The van der Waals surface area contributed by atoms with Gasteiger partial charge in [0.25, 0.3) is 0 Å². The van der Waals surface area contributed by atoms with Gasteiger partial charge in [0.2, 0.25) is 15.9 Å². The largest absolute Gasteiger partial charge is 0.383 e. The van der Waals surface area contributed by atoms with Crippen LogP contribution in [0.4, 0.5) is 34.5 Å². The first-order valence-electron chi connectivity index (χ1n) is 24.0. The highest BCUT2D eigenvalue weighted by Crippen LogP contribution is 2.38. The molecule has 0 aliphatic heterocycles. The molecule has 0 saturated heterocycles. The zero-order valence-corrected chi connectivity index (χ0v) is 50.5. The molecule has 5 aromatic carbocycles. The molecule has 0 radical (unpaired) electrons. The van der Waals surface area contributed by atoms with Gasteiger partial charge in [-0.15, -0.1) is 0 Å². The molecule has 27 heteroatoms. The number of hydrogen-bond acceptors (Lipinski definition) is 18. The van der Waals surface area contributed by atoms with Crippen molar-refractivity contribution in [3.63, 3.8) is 0 Å². The quantitative estimate of drug-likeness (QED) is 0.0285. The molecule has 3 heterocycles. The van der Waals surface area contributed by atoms with E-state index in [-0.39, 0.29) is 91.5 Å². The summed E-state index contributed by atoms with van der Waals surface area (Å²) in [5.41, 5.74) is 1.97. The number of ketones is 1. The van der Waals surface area contributed by atoms with Crippen molar-refractivity contribution < 1.29 is 39.9 Å². The van der Waals surface area contributed by atoms with Crippen LogP contribution >= 0.6 is 69.6 Å². The summed E-state index contributed by atoms with van der Waals surface area (Å²) < 4.78 is 75.8. The van der Waals surface area contributed by atoms with Crippen LogP contribution in [0.15, 0.2) is 148 Å². The summed E-state index contributed by atoms with van der Waals surface area (Å²) in [6.07, 6.45) is -0.669. The first kappa shape index (κ1) is 63.8. The fourth-order valence-electron chi connectivity index (χ4n) is 7.20. The average Bonchev–Trinajstić information content (AvgIpc) is 3.63. The van der Waals surface area contributed by atoms with Crippen molar-refractivity contribution >= 4 is 146 Å². The predicted octanol–water partition coefficient (Wildman–Crippen LogP) is 13.3. The highest BCUT2D eigenvalue weighted by atomic mass is 35.5. The molecular formula is C54H49Cl6N9O9S3. The number of carbonyl (C=O) groups excluding carboxylic acids is 2. The molecule has 1 unspecified atom stereocenters. The molecule has 0 spiro atoms. The Labute approximate surface area is 498 Å². The minimum absolute atomic E-state index is 0.000912. The number of nitrogens with zero attached hydrogens (tertiary/aromatic N) is 6. The molecule has 3 aromatic heterocycles. The molecule has 1 atom stereocenters. The van der Waals surface area contributed by atoms with Crippen molar-refractivity contribution in [2.75, 3.05) is 16.0 Å². The number of sulfone groups is 3. The van der Waals surface area contributed by atoms with E-state index in [0.29, 0.717) is 23.1 Å². The number of aromatic nitrogens is 6. The van der Waals surface area contributed by atoms with E-state index in [1.165, 1.54) is 18.2 Å². The van der Waals surface area contributed by atoms with Crippen LogP contribution in [0.2, 0.25) is 31.3 Å². The Hall–Kier alpha value is -6.37. The van der Waals surface area contributed by atoms with Crippen LogP contribution < -0.4 is 16.0 Å². The third kappa shape index (κ3) is 15.4. The Morgan fingerprint density at radius 1 is 0.457 bits per heavy atom. The van der Waals surface area contributed by atoms with Gasteiger partial charge in [0, 0.05) is 5.56 Å². The molecule has 0 saturated carbocycles. The molecule has 424 valence electrons. The van der Waals surface area contributed by atoms with Gasteiger partial charge in [0.05, 0.1) is 58.6 Å². The zero-order valence-electron chi connectivity index (χ0n) is 43.5. The SMILES string of the molecule is CC(C)S(=O)(=O)c1ccccc1Nc1nc(Cl)nc(Cl)c1C(=O)c1ccccc1.CC(C)S(=O)(=O)c1ccccc1Nc1nc(Cl)nc(Cl)c1C(O)c1ccccc1.CC(C)S(=O)(=O)c1ccccc1Nc1nc(Cl)nc(Cl)c1C=O. The predicted molar refractivity (Wildman–Crippen MR) is 318 cm³/mol. The Balaban J connectivity index is 0.000000197. The third-order valence-corrected chi connectivity index (χ3v) is 19.5.